The molecule has 12 rings (SSSR count). The molecular formula is C70H65N3O. The summed E-state index contributed by atoms with van der Waals surface area (Å²) in [7, 11) is 0. The fourth-order valence-corrected chi connectivity index (χ4v) is 11.8. The van der Waals surface area contributed by atoms with E-state index >= 15 is 0 Å². The maximum atomic E-state index is 12.8. The number of pyridine rings is 1. The lowest BCUT2D eigenvalue weighted by Gasteiger charge is -2.22. The largest absolute Gasteiger partial charge is 0.507 e. The summed E-state index contributed by atoms with van der Waals surface area (Å²) >= 11 is 0. The normalized spacial score (nSPS) is 14.9. The van der Waals surface area contributed by atoms with Gasteiger partial charge in [0.1, 0.15) is 11.6 Å². The second-order valence-electron chi connectivity index (χ2n) is 21.8. The van der Waals surface area contributed by atoms with Crippen LogP contribution >= 0.6 is 0 Å². The van der Waals surface area contributed by atoms with Gasteiger partial charge in [-0.25, -0.2) is 4.98 Å². The Bertz CT molecular complexity index is 3710. The molecule has 10 aromatic rings. The summed E-state index contributed by atoms with van der Waals surface area (Å²) in [4.78, 5) is 10.7. The third-order valence-corrected chi connectivity index (χ3v) is 15.8. The number of hydrogen-bond acceptors (Lipinski definition) is 3. The Hall–Kier alpha value is -7.82. The molecule has 0 unspecified atom stereocenters. The number of benzene rings is 8. The van der Waals surface area contributed by atoms with Crippen LogP contribution in [-0.4, -0.2) is 19.6 Å². The van der Waals surface area contributed by atoms with Crippen LogP contribution in [0, 0.1) is 11.8 Å². The monoisotopic (exact) mass is 966 g/mol. The van der Waals surface area contributed by atoms with E-state index in [1.165, 1.54) is 36.8 Å². The van der Waals surface area contributed by atoms with Gasteiger partial charge in [-0.3, -0.25) is 9.55 Å². The van der Waals surface area contributed by atoms with Crippen molar-refractivity contribution in [2.24, 2.45) is 11.8 Å². The van der Waals surface area contributed by atoms with Crippen LogP contribution in [0.3, 0.4) is 0 Å². The molecule has 0 bridgehead atoms. The molecule has 1 N–H and O–H groups in total. The van der Waals surface area contributed by atoms with Gasteiger partial charge in [0, 0.05) is 31.2 Å². The fourth-order valence-electron chi connectivity index (χ4n) is 11.8. The van der Waals surface area contributed by atoms with E-state index in [0.29, 0.717) is 17.3 Å². The van der Waals surface area contributed by atoms with Gasteiger partial charge in [0.15, 0.2) is 0 Å². The highest BCUT2D eigenvalue weighted by atomic mass is 16.3. The van der Waals surface area contributed by atoms with Crippen molar-refractivity contribution in [3.05, 3.63) is 217 Å². The van der Waals surface area contributed by atoms with Gasteiger partial charge in [-0.1, -0.05) is 218 Å². The van der Waals surface area contributed by atoms with Crippen LogP contribution in [0.15, 0.2) is 200 Å². The highest BCUT2D eigenvalue weighted by Gasteiger charge is 2.26. The molecule has 2 heterocycles. The van der Waals surface area contributed by atoms with Crippen molar-refractivity contribution in [2.75, 3.05) is 0 Å². The summed E-state index contributed by atoms with van der Waals surface area (Å²) in [5.74, 6) is 1.59. The van der Waals surface area contributed by atoms with E-state index in [2.05, 4.69) is 171 Å². The molecule has 74 heavy (non-hydrogen) atoms. The Labute approximate surface area is 440 Å². The molecule has 2 aliphatic carbocycles. The van der Waals surface area contributed by atoms with Crippen molar-refractivity contribution < 1.29 is 7.85 Å². The number of phenolic OH excluding ortho intramolecular Hbond substituents is 1. The van der Waals surface area contributed by atoms with E-state index in [9.17, 15) is 5.11 Å². The first kappa shape index (κ1) is 44.8. The van der Waals surface area contributed by atoms with Gasteiger partial charge in [0.25, 0.3) is 0 Å². The molecular weight excluding hydrogens is 899 g/mol. The van der Waals surface area contributed by atoms with Crippen LogP contribution in [0.25, 0.3) is 95.0 Å². The zero-order valence-corrected chi connectivity index (χ0v) is 42.9. The SMILES string of the molecule is [2H]C([2H])(c1ccc(-c2ccnc(-c3cc(-c4cccc5c4nc(-c4cccc(-c6ccccc6-c6ccccc6)c4O)n5-c4ccc(CC5CCCC5)cc4-c4ccccc4)cc(C(C)(C)C)c3)c2)cc1)C1CCCC1. The Morgan fingerprint density at radius 1 is 0.500 bits per heavy atom. The predicted molar refractivity (Wildman–Crippen MR) is 309 cm³/mol. The van der Waals surface area contributed by atoms with Gasteiger partial charge in [-0.15, -0.1) is 0 Å². The van der Waals surface area contributed by atoms with E-state index in [-0.39, 0.29) is 17.1 Å². The Balaban J connectivity index is 1.03. The molecule has 0 atom stereocenters. The number of phenols is 1. The molecule has 0 spiro atoms. The lowest BCUT2D eigenvalue weighted by Crippen LogP contribution is -2.11. The lowest BCUT2D eigenvalue weighted by atomic mass is 9.83. The third kappa shape index (κ3) is 9.50. The Kier molecular flexibility index (Phi) is 12.3. The minimum Gasteiger partial charge on any atom is -0.507 e. The number of aromatic hydroxyl groups is 1. The van der Waals surface area contributed by atoms with Gasteiger partial charge in [-0.2, -0.15) is 0 Å². The van der Waals surface area contributed by atoms with Gasteiger partial charge < -0.3 is 5.11 Å². The fraction of sp³-hybridized carbons (Fsp3) is 0.229. The molecule has 0 radical (unpaired) electrons. The standard InChI is InChI=1S/C70H65N3O/c1-70(2,3)57-44-55(43-56(45-57)64-46-54(38-39-71-64)51-35-32-49(33-36-51)40-47-18-10-11-19-47)59-28-17-31-66-67(59)72-69(62-30-16-29-61(68(62)74)60-27-15-14-26-58(60)52-22-6-4-7-23-52)73(66)65-37-34-50(41-48-20-12-13-21-48)42-63(65)53-24-8-5-9-25-53/h4-9,14-17,22-39,42-48,74H,10-13,18-21,40-41H2,1-3H3/i40D2. The lowest BCUT2D eigenvalue weighted by molar-refractivity contribution is 0.479. The second kappa shape index (κ2) is 20.2. The van der Waals surface area contributed by atoms with E-state index in [0.717, 1.165) is 121 Å². The van der Waals surface area contributed by atoms with Crippen LogP contribution in [-0.2, 0) is 18.2 Å². The number of para-hydroxylation sites is 2. The molecule has 0 saturated heterocycles. The van der Waals surface area contributed by atoms with E-state index in [1.54, 1.807) is 0 Å². The van der Waals surface area contributed by atoms with Crippen LogP contribution in [0.2, 0.25) is 0 Å². The first-order chi connectivity index (χ1) is 37.0. The summed E-state index contributed by atoms with van der Waals surface area (Å²) < 4.78 is 20.3. The van der Waals surface area contributed by atoms with Crippen LogP contribution in [0.1, 0.15) is 91.6 Å². The topological polar surface area (TPSA) is 50.9 Å². The predicted octanol–water partition coefficient (Wildman–Crippen LogP) is 18.6. The van der Waals surface area contributed by atoms with Gasteiger partial charge in [0.2, 0.25) is 0 Å². The highest BCUT2D eigenvalue weighted by molar-refractivity contribution is 5.99. The minimum atomic E-state index is -1.34. The molecule has 0 amide bonds. The number of imidazole rings is 1. The van der Waals surface area contributed by atoms with Crippen molar-refractivity contribution in [2.45, 2.75) is 90.3 Å². The highest BCUT2D eigenvalue weighted by Crippen LogP contribution is 2.46. The quantitative estimate of drug-likeness (QED) is 0.133. The Morgan fingerprint density at radius 3 is 1.84 bits per heavy atom. The number of nitrogens with zero attached hydrogens (tertiary/aromatic N) is 3. The number of rotatable bonds is 12. The van der Waals surface area contributed by atoms with Crippen molar-refractivity contribution in [3.8, 4) is 89.7 Å². The summed E-state index contributed by atoms with van der Waals surface area (Å²) in [5, 5.41) is 12.8. The Morgan fingerprint density at radius 2 is 1.11 bits per heavy atom. The van der Waals surface area contributed by atoms with Crippen LogP contribution < -0.4 is 0 Å². The molecule has 4 heteroatoms. The number of aromatic nitrogens is 3. The van der Waals surface area contributed by atoms with E-state index < -0.39 is 6.37 Å². The first-order valence-electron chi connectivity index (χ1n) is 27.9. The van der Waals surface area contributed by atoms with E-state index in [4.69, 9.17) is 12.7 Å². The van der Waals surface area contributed by atoms with E-state index in [1.807, 2.05) is 54.7 Å². The second-order valence-corrected chi connectivity index (χ2v) is 21.8. The summed E-state index contributed by atoms with van der Waals surface area (Å²) in [6, 6.07) is 68.1. The van der Waals surface area contributed by atoms with Gasteiger partial charge in [-0.05, 0) is 134 Å². The van der Waals surface area contributed by atoms with Crippen LogP contribution in [0.4, 0.5) is 0 Å². The zero-order chi connectivity index (χ0) is 52.0. The molecule has 2 saturated carbocycles. The molecule has 4 nitrogen and oxygen atoms in total. The maximum Gasteiger partial charge on any atom is 0.149 e. The average molecular weight is 966 g/mol. The summed E-state index contributed by atoms with van der Waals surface area (Å²) in [6.45, 7) is 6.77. The maximum absolute atomic E-state index is 12.8. The van der Waals surface area contributed by atoms with Crippen molar-refractivity contribution >= 4 is 11.0 Å². The zero-order valence-electron chi connectivity index (χ0n) is 44.9. The molecule has 0 aliphatic heterocycles. The van der Waals surface area contributed by atoms with Crippen LogP contribution in [0.5, 0.6) is 5.75 Å². The number of fused-ring (bicyclic) bond motifs is 1. The van der Waals surface area contributed by atoms with Crippen molar-refractivity contribution in [3.63, 3.8) is 0 Å². The molecule has 8 aromatic carbocycles. The summed E-state index contributed by atoms with van der Waals surface area (Å²) in [5.41, 5.74) is 18.5. The minimum absolute atomic E-state index is 0.0670. The van der Waals surface area contributed by atoms with Crippen molar-refractivity contribution in [1.29, 1.82) is 0 Å². The summed E-state index contributed by atoms with van der Waals surface area (Å²) in [6.07, 6.45) is 10.9. The first-order valence-corrected chi connectivity index (χ1v) is 26.9. The van der Waals surface area contributed by atoms with Crippen molar-refractivity contribution in [1.82, 2.24) is 14.5 Å². The molecule has 2 aromatic heterocycles. The smallest absolute Gasteiger partial charge is 0.149 e. The molecule has 2 fully saturated rings. The van der Waals surface area contributed by atoms with Gasteiger partial charge >= 0.3 is 0 Å². The van der Waals surface area contributed by atoms with Gasteiger partial charge in [0.05, 0.1) is 28.0 Å². The third-order valence-electron chi connectivity index (χ3n) is 15.8. The molecule has 2 aliphatic rings. The molecule has 366 valence electrons. The average Bonchev–Trinajstić information content (AvgIpc) is 4.31. The number of hydrogen-bond donors (Lipinski definition) is 1.